The third-order valence-electron chi connectivity index (χ3n) is 3.75. The van der Waals surface area contributed by atoms with Gasteiger partial charge in [-0.2, -0.15) is 0 Å². The highest BCUT2D eigenvalue weighted by Crippen LogP contribution is 2.22. The van der Waals surface area contributed by atoms with Crippen molar-refractivity contribution in [3.05, 3.63) is 71.5 Å². The van der Waals surface area contributed by atoms with Crippen LogP contribution in [0.5, 0.6) is 0 Å². The second-order valence-electron chi connectivity index (χ2n) is 5.52. The molecule has 2 heterocycles. The van der Waals surface area contributed by atoms with Crippen molar-refractivity contribution < 1.29 is 4.39 Å². The van der Waals surface area contributed by atoms with Gasteiger partial charge in [-0.25, -0.2) is 14.4 Å². The Kier molecular flexibility index (Phi) is 3.82. The molecule has 4 rings (SSSR count). The molecule has 5 nitrogen and oxygen atoms in total. The van der Waals surface area contributed by atoms with Gasteiger partial charge in [0.15, 0.2) is 11.6 Å². The van der Waals surface area contributed by atoms with Gasteiger partial charge in [0.2, 0.25) is 0 Å². The molecule has 0 aliphatic rings. The number of aromatic nitrogens is 4. The van der Waals surface area contributed by atoms with Gasteiger partial charge in [-0.3, -0.25) is 9.55 Å². The van der Waals surface area contributed by atoms with Crippen molar-refractivity contribution in [3.63, 3.8) is 0 Å². The summed E-state index contributed by atoms with van der Waals surface area (Å²) in [5, 5.41) is 3.83. The van der Waals surface area contributed by atoms with Crippen LogP contribution in [0.2, 0.25) is 5.02 Å². The normalized spacial score (nSPS) is 11.0. The van der Waals surface area contributed by atoms with Crippen LogP contribution in [0.15, 0.2) is 54.9 Å². The van der Waals surface area contributed by atoms with Crippen LogP contribution in [0.1, 0.15) is 5.82 Å². The summed E-state index contributed by atoms with van der Waals surface area (Å²) < 4.78 is 15.4. The summed E-state index contributed by atoms with van der Waals surface area (Å²) >= 11 is 5.90. The highest BCUT2D eigenvalue weighted by molar-refractivity contribution is 6.30. The third-order valence-corrected chi connectivity index (χ3v) is 4.00. The number of nitrogens with one attached hydrogen (secondary N) is 1. The number of nitrogens with zero attached hydrogens (tertiary/aromatic N) is 4. The minimum Gasteiger partial charge on any atom is -0.339 e. The molecule has 124 valence electrons. The van der Waals surface area contributed by atoms with E-state index in [1.807, 2.05) is 19.1 Å². The zero-order chi connectivity index (χ0) is 17.4. The van der Waals surface area contributed by atoms with E-state index in [2.05, 4.69) is 20.3 Å². The van der Waals surface area contributed by atoms with Crippen molar-refractivity contribution in [2.75, 3.05) is 5.32 Å². The zero-order valence-corrected chi connectivity index (χ0v) is 14.0. The Bertz CT molecular complexity index is 1060. The minimum absolute atomic E-state index is 0.322. The van der Waals surface area contributed by atoms with Gasteiger partial charge < -0.3 is 5.32 Å². The quantitative estimate of drug-likeness (QED) is 0.582. The molecular weight excluding hydrogens is 341 g/mol. The number of imidazole rings is 1. The molecule has 0 atom stereocenters. The lowest BCUT2D eigenvalue weighted by Gasteiger charge is -2.09. The van der Waals surface area contributed by atoms with Crippen molar-refractivity contribution in [1.82, 2.24) is 19.5 Å². The SMILES string of the molecule is Cc1nc2ccc(F)cc2n1-c1cncc(Nc2ccc(Cl)cc2)n1. The second kappa shape index (κ2) is 6.14. The monoisotopic (exact) mass is 353 g/mol. The molecule has 0 unspecified atom stereocenters. The fourth-order valence-electron chi connectivity index (χ4n) is 2.66. The van der Waals surface area contributed by atoms with E-state index in [1.54, 1.807) is 35.2 Å². The van der Waals surface area contributed by atoms with E-state index in [0.717, 1.165) is 5.69 Å². The third kappa shape index (κ3) is 3.04. The van der Waals surface area contributed by atoms with Crippen molar-refractivity contribution in [1.29, 1.82) is 0 Å². The van der Waals surface area contributed by atoms with Crippen LogP contribution in [0.3, 0.4) is 0 Å². The number of benzene rings is 2. The zero-order valence-electron chi connectivity index (χ0n) is 13.2. The van der Waals surface area contributed by atoms with Gasteiger partial charge in [0, 0.05) is 16.8 Å². The van der Waals surface area contributed by atoms with Crippen molar-refractivity contribution >= 4 is 34.1 Å². The fraction of sp³-hybridized carbons (Fsp3) is 0.0556. The lowest BCUT2D eigenvalue weighted by molar-refractivity contribution is 0.629. The van der Waals surface area contributed by atoms with Crippen LogP contribution in [-0.4, -0.2) is 19.5 Å². The molecule has 0 saturated carbocycles. The highest BCUT2D eigenvalue weighted by atomic mass is 35.5. The summed E-state index contributed by atoms with van der Waals surface area (Å²) in [4.78, 5) is 13.2. The van der Waals surface area contributed by atoms with Gasteiger partial charge in [-0.1, -0.05) is 11.6 Å². The summed E-state index contributed by atoms with van der Waals surface area (Å²) in [5.41, 5.74) is 2.20. The van der Waals surface area contributed by atoms with Crippen molar-refractivity contribution in [2.45, 2.75) is 6.92 Å². The molecule has 0 radical (unpaired) electrons. The molecule has 7 heteroatoms. The predicted octanol–water partition coefficient (Wildman–Crippen LogP) is 4.66. The van der Waals surface area contributed by atoms with Crippen LogP contribution in [-0.2, 0) is 0 Å². The van der Waals surface area contributed by atoms with Gasteiger partial charge in [-0.15, -0.1) is 0 Å². The number of rotatable bonds is 3. The first kappa shape index (κ1) is 15.5. The molecule has 25 heavy (non-hydrogen) atoms. The summed E-state index contributed by atoms with van der Waals surface area (Å²) in [7, 11) is 0. The van der Waals surface area contributed by atoms with E-state index in [1.165, 1.54) is 12.1 Å². The summed E-state index contributed by atoms with van der Waals surface area (Å²) in [5.74, 6) is 1.51. The maximum atomic E-state index is 13.6. The Morgan fingerprint density at radius 1 is 1.04 bits per heavy atom. The van der Waals surface area contributed by atoms with Gasteiger partial charge in [0.25, 0.3) is 0 Å². The molecule has 0 bridgehead atoms. The van der Waals surface area contributed by atoms with Gasteiger partial charge >= 0.3 is 0 Å². The molecule has 0 fully saturated rings. The number of hydrogen-bond donors (Lipinski definition) is 1. The Morgan fingerprint density at radius 2 is 1.84 bits per heavy atom. The number of aryl methyl sites for hydroxylation is 1. The molecule has 0 amide bonds. The van der Waals surface area contributed by atoms with Crippen LogP contribution in [0.4, 0.5) is 15.9 Å². The molecule has 0 aliphatic carbocycles. The molecule has 1 N–H and O–H groups in total. The van der Waals surface area contributed by atoms with E-state index in [9.17, 15) is 4.39 Å². The van der Waals surface area contributed by atoms with E-state index in [0.29, 0.717) is 33.5 Å². The number of hydrogen-bond acceptors (Lipinski definition) is 4. The minimum atomic E-state index is -0.322. The smallest absolute Gasteiger partial charge is 0.159 e. The van der Waals surface area contributed by atoms with Gasteiger partial charge in [0.05, 0.1) is 23.4 Å². The predicted molar refractivity (Wildman–Crippen MR) is 96.1 cm³/mol. The molecule has 0 saturated heterocycles. The van der Waals surface area contributed by atoms with E-state index in [4.69, 9.17) is 11.6 Å². The topological polar surface area (TPSA) is 55.6 Å². The van der Waals surface area contributed by atoms with Crippen LogP contribution in [0.25, 0.3) is 16.9 Å². The first-order chi connectivity index (χ1) is 12.1. The van der Waals surface area contributed by atoms with Crippen LogP contribution < -0.4 is 5.32 Å². The molecule has 4 aromatic rings. The first-order valence-corrected chi connectivity index (χ1v) is 7.97. The van der Waals surface area contributed by atoms with Crippen molar-refractivity contribution in [3.8, 4) is 5.82 Å². The number of anilines is 2. The van der Waals surface area contributed by atoms with E-state index in [-0.39, 0.29) is 5.82 Å². The fourth-order valence-corrected chi connectivity index (χ4v) is 2.79. The van der Waals surface area contributed by atoms with E-state index >= 15 is 0 Å². The molecular formula is C18H13ClFN5. The molecule has 0 aliphatic heterocycles. The maximum Gasteiger partial charge on any atom is 0.159 e. The average molecular weight is 354 g/mol. The largest absolute Gasteiger partial charge is 0.339 e. The van der Waals surface area contributed by atoms with Gasteiger partial charge in [0.1, 0.15) is 11.6 Å². The maximum absolute atomic E-state index is 13.6. The Morgan fingerprint density at radius 3 is 2.64 bits per heavy atom. The molecule has 2 aromatic heterocycles. The lowest BCUT2D eigenvalue weighted by atomic mass is 10.3. The summed E-state index contributed by atoms with van der Waals surface area (Å²) in [6.45, 7) is 1.85. The van der Waals surface area contributed by atoms with Crippen molar-refractivity contribution in [2.24, 2.45) is 0 Å². The molecule has 0 spiro atoms. The molecule has 2 aromatic carbocycles. The lowest BCUT2D eigenvalue weighted by Crippen LogP contribution is -2.03. The standard InChI is InChI=1S/C18H13ClFN5/c1-11-22-15-7-4-13(20)8-16(15)25(11)18-10-21-9-17(24-18)23-14-5-2-12(19)3-6-14/h2-10H,1H3,(H,23,24). The Balaban J connectivity index is 1.76. The van der Waals surface area contributed by atoms with Crippen LogP contribution in [0, 0.1) is 12.7 Å². The Hall–Kier alpha value is -2.99. The Labute approximate surface area is 148 Å². The first-order valence-electron chi connectivity index (χ1n) is 7.60. The number of fused-ring (bicyclic) bond motifs is 1. The van der Waals surface area contributed by atoms with Gasteiger partial charge in [-0.05, 0) is 43.3 Å². The van der Waals surface area contributed by atoms with Crippen LogP contribution >= 0.6 is 11.6 Å². The van der Waals surface area contributed by atoms with E-state index < -0.39 is 0 Å². The second-order valence-corrected chi connectivity index (χ2v) is 5.96. The summed E-state index contributed by atoms with van der Waals surface area (Å²) in [6.07, 6.45) is 3.24. The summed E-state index contributed by atoms with van der Waals surface area (Å²) in [6, 6.07) is 11.8. The number of halogens is 2. The average Bonchev–Trinajstić information content (AvgIpc) is 2.92. The highest BCUT2D eigenvalue weighted by Gasteiger charge is 2.12.